The summed E-state index contributed by atoms with van der Waals surface area (Å²) in [6, 6.07) is 3.96. The first-order valence-corrected chi connectivity index (χ1v) is 5.25. The number of ketones is 1. The molecule has 0 aliphatic heterocycles. The summed E-state index contributed by atoms with van der Waals surface area (Å²) in [6.07, 6.45) is 0.953. The van der Waals surface area contributed by atoms with E-state index in [1.807, 2.05) is 19.1 Å². The highest BCUT2D eigenvalue weighted by atomic mass is 16.3. The molecule has 1 aromatic rings. The highest BCUT2D eigenvalue weighted by Gasteiger charge is 2.33. The fourth-order valence-corrected chi connectivity index (χ4v) is 2.41. The van der Waals surface area contributed by atoms with Gasteiger partial charge in [-0.05, 0) is 23.5 Å². The first kappa shape index (κ1) is 10.2. The van der Waals surface area contributed by atoms with Gasteiger partial charge in [0, 0.05) is 18.4 Å². The molecule has 0 fully saturated rings. The first-order valence-electron chi connectivity index (χ1n) is 5.25. The average molecular weight is 204 g/mol. The lowest BCUT2D eigenvalue weighted by Gasteiger charge is -2.32. The van der Waals surface area contributed by atoms with Crippen LogP contribution in [0.1, 0.15) is 37.0 Å². The minimum Gasteiger partial charge on any atom is -0.507 e. The third kappa shape index (κ3) is 1.54. The van der Waals surface area contributed by atoms with Gasteiger partial charge in [0.05, 0.1) is 0 Å². The zero-order valence-corrected chi connectivity index (χ0v) is 9.42. The van der Waals surface area contributed by atoms with E-state index in [2.05, 4.69) is 13.8 Å². The molecule has 0 aromatic heterocycles. The van der Waals surface area contributed by atoms with Crippen molar-refractivity contribution >= 4 is 5.78 Å². The standard InChI is InChI=1S/C13H16O2/c1-8-4-5-11-10(12(8)15)6-9(14)7-13(11,2)3/h4-5,15H,6-7H2,1-3H3. The average Bonchev–Trinajstić information content (AvgIpc) is 2.10. The van der Waals surface area contributed by atoms with Crippen LogP contribution >= 0.6 is 0 Å². The van der Waals surface area contributed by atoms with E-state index >= 15 is 0 Å². The molecule has 15 heavy (non-hydrogen) atoms. The highest BCUT2D eigenvalue weighted by molar-refractivity contribution is 5.86. The van der Waals surface area contributed by atoms with Crippen LogP contribution in [-0.4, -0.2) is 10.9 Å². The normalized spacial score (nSPS) is 18.7. The van der Waals surface area contributed by atoms with Crippen LogP contribution in [0.3, 0.4) is 0 Å². The van der Waals surface area contributed by atoms with E-state index in [1.54, 1.807) is 0 Å². The van der Waals surface area contributed by atoms with Crippen LogP contribution in [0.4, 0.5) is 0 Å². The largest absolute Gasteiger partial charge is 0.507 e. The number of Topliss-reactive ketones (excluding diaryl/α,β-unsaturated/α-hetero) is 1. The Morgan fingerprint density at radius 2 is 2.00 bits per heavy atom. The Morgan fingerprint density at radius 3 is 2.67 bits per heavy atom. The Labute approximate surface area is 89.9 Å². The summed E-state index contributed by atoms with van der Waals surface area (Å²) in [6.45, 7) is 5.97. The molecule has 0 amide bonds. The molecule has 0 saturated carbocycles. The number of phenolic OH excluding ortho intramolecular Hbond substituents is 1. The fourth-order valence-electron chi connectivity index (χ4n) is 2.41. The van der Waals surface area contributed by atoms with Gasteiger partial charge < -0.3 is 5.11 Å². The van der Waals surface area contributed by atoms with Crippen LogP contribution in [0, 0.1) is 6.92 Å². The number of hydrogen-bond acceptors (Lipinski definition) is 2. The van der Waals surface area contributed by atoms with E-state index in [0.29, 0.717) is 18.6 Å². The van der Waals surface area contributed by atoms with Crippen LogP contribution in [0.2, 0.25) is 0 Å². The number of hydrogen-bond donors (Lipinski definition) is 1. The molecule has 0 spiro atoms. The molecular formula is C13H16O2. The quantitative estimate of drug-likeness (QED) is 0.705. The lowest BCUT2D eigenvalue weighted by molar-refractivity contribution is -0.120. The van der Waals surface area contributed by atoms with Crippen LogP contribution in [-0.2, 0) is 16.6 Å². The van der Waals surface area contributed by atoms with E-state index in [1.165, 1.54) is 0 Å². The van der Waals surface area contributed by atoms with Crippen LogP contribution in [0.5, 0.6) is 5.75 Å². The van der Waals surface area contributed by atoms with Gasteiger partial charge in [0.15, 0.2) is 0 Å². The number of fused-ring (bicyclic) bond motifs is 1. The molecule has 1 aliphatic carbocycles. The van der Waals surface area contributed by atoms with E-state index in [-0.39, 0.29) is 11.2 Å². The highest BCUT2D eigenvalue weighted by Crippen LogP contribution is 2.39. The molecule has 2 rings (SSSR count). The van der Waals surface area contributed by atoms with Crippen molar-refractivity contribution in [3.05, 3.63) is 28.8 Å². The smallest absolute Gasteiger partial charge is 0.138 e. The minimum atomic E-state index is -0.143. The second kappa shape index (κ2) is 3.09. The number of aryl methyl sites for hydroxylation is 1. The van der Waals surface area contributed by atoms with Crippen LogP contribution < -0.4 is 0 Å². The molecule has 0 atom stereocenters. The SMILES string of the molecule is Cc1ccc2c(c1O)CC(=O)CC2(C)C. The first-order chi connectivity index (χ1) is 6.92. The Hall–Kier alpha value is -1.31. The van der Waals surface area contributed by atoms with Gasteiger partial charge in [0.25, 0.3) is 0 Å². The van der Waals surface area contributed by atoms with Gasteiger partial charge >= 0.3 is 0 Å². The topological polar surface area (TPSA) is 37.3 Å². The number of phenols is 1. The van der Waals surface area contributed by atoms with Gasteiger partial charge in [-0.25, -0.2) is 0 Å². The van der Waals surface area contributed by atoms with Crippen molar-refractivity contribution in [1.29, 1.82) is 0 Å². The molecule has 0 radical (unpaired) electrons. The zero-order chi connectivity index (χ0) is 11.2. The van der Waals surface area contributed by atoms with Gasteiger partial charge in [0.2, 0.25) is 0 Å². The monoisotopic (exact) mass is 204 g/mol. The molecule has 0 unspecified atom stereocenters. The molecule has 2 heteroatoms. The number of carbonyl (C=O) groups is 1. The molecule has 0 bridgehead atoms. The van der Waals surface area contributed by atoms with Gasteiger partial charge in [-0.2, -0.15) is 0 Å². The summed E-state index contributed by atoms with van der Waals surface area (Å²) in [7, 11) is 0. The van der Waals surface area contributed by atoms with Crippen molar-refractivity contribution in [3.63, 3.8) is 0 Å². The minimum absolute atomic E-state index is 0.143. The van der Waals surface area contributed by atoms with E-state index < -0.39 is 0 Å². The molecule has 0 saturated heterocycles. The Balaban J connectivity index is 2.67. The summed E-state index contributed by atoms with van der Waals surface area (Å²) in [5.74, 6) is 0.516. The van der Waals surface area contributed by atoms with Gasteiger partial charge in [-0.3, -0.25) is 4.79 Å². The predicted octanol–water partition coefficient (Wildman–Crippen LogP) is 2.49. The summed E-state index contributed by atoms with van der Waals surface area (Å²) in [5.41, 5.74) is 2.65. The summed E-state index contributed by atoms with van der Waals surface area (Å²) in [5, 5.41) is 9.94. The second-order valence-corrected chi connectivity index (χ2v) is 5.03. The van der Waals surface area contributed by atoms with Gasteiger partial charge in [-0.15, -0.1) is 0 Å². The van der Waals surface area contributed by atoms with Gasteiger partial charge in [-0.1, -0.05) is 26.0 Å². The number of rotatable bonds is 0. The summed E-state index contributed by atoms with van der Waals surface area (Å²) < 4.78 is 0. The summed E-state index contributed by atoms with van der Waals surface area (Å²) >= 11 is 0. The van der Waals surface area contributed by atoms with Crippen molar-refractivity contribution in [2.24, 2.45) is 0 Å². The van der Waals surface area contributed by atoms with Crippen molar-refractivity contribution < 1.29 is 9.90 Å². The van der Waals surface area contributed by atoms with Crippen LogP contribution in [0.25, 0.3) is 0 Å². The van der Waals surface area contributed by atoms with E-state index in [9.17, 15) is 9.90 Å². The number of benzene rings is 1. The Bertz CT molecular complexity index is 430. The number of carbonyl (C=O) groups excluding carboxylic acids is 1. The second-order valence-electron chi connectivity index (χ2n) is 5.03. The third-order valence-corrected chi connectivity index (χ3v) is 3.23. The van der Waals surface area contributed by atoms with Crippen molar-refractivity contribution in [2.45, 2.75) is 39.0 Å². The Morgan fingerprint density at radius 1 is 1.33 bits per heavy atom. The number of aromatic hydroxyl groups is 1. The van der Waals surface area contributed by atoms with Crippen molar-refractivity contribution in [1.82, 2.24) is 0 Å². The zero-order valence-electron chi connectivity index (χ0n) is 9.42. The lowest BCUT2D eigenvalue weighted by atomic mass is 9.71. The molecule has 1 N–H and O–H groups in total. The fraction of sp³-hybridized carbons (Fsp3) is 0.462. The van der Waals surface area contributed by atoms with Crippen molar-refractivity contribution in [2.75, 3.05) is 0 Å². The molecule has 1 aromatic carbocycles. The Kier molecular flexibility index (Phi) is 2.10. The molecular weight excluding hydrogens is 188 g/mol. The predicted molar refractivity (Wildman–Crippen MR) is 59.2 cm³/mol. The molecule has 1 aliphatic rings. The van der Waals surface area contributed by atoms with E-state index in [0.717, 1.165) is 16.7 Å². The van der Waals surface area contributed by atoms with E-state index in [4.69, 9.17) is 0 Å². The molecule has 2 nitrogen and oxygen atoms in total. The maximum Gasteiger partial charge on any atom is 0.138 e. The maximum atomic E-state index is 11.6. The maximum absolute atomic E-state index is 11.6. The van der Waals surface area contributed by atoms with Gasteiger partial charge in [0.1, 0.15) is 11.5 Å². The molecule has 80 valence electrons. The van der Waals surface area contributed by atoms with Crippen molar-refractivity contribution in [3.8, 4) is 5.75 Å². The molecule has 0 heterocycles. The third-order valence-electron chi connectivity index (χ3n) is 3.23. The van der Waals surface area contributed by atoms with Crippen LogP contribution in [0.15, 0.2) is 12.1 Å². The summed E-state index contributed by atoms with van der Waals surface area (Å²) in [4.78, 5) is 11.6. The lowest BCUT2D eigenvalue weighted by Crippen LogP contribution is -2.29.